The number of methoxy groups -OCH3 is 1. The Morgan fingerprint density at radius 2 is 2.24 bits per heavy atom. The van der Waals surface area contributed by atoms with Crippen LogP contribution in [0.2, 0.25) is 0 Å². The van der Waals surface area contributed by atoms with Crippen LogP contribution in [-0.4, -0.2) is 32.8 Å². The number of rotatable bonds is 7. The Kier molecular flexibility index (Phi) is 5.09. The summed E-state index contributed by atoms with van der Waals surface area (Å²) in [5.41, 5.74) is 12.1. The van der Waals surface area contributed by atoms with Gasteiger partial charge in [-0.3, -0.25) is 4.79 Å². The van der Waals surface area contributed by atoms with Gasteiger partial charge in [-0.25, -0.2) is 0 Å². The van der Waals surface area contributed by atoms with Gasteiger partial charge in [0.05, 0.1) is 25.1 Å². The number of hydrogen-bond acceptors (Lipinski definition) is 5. The lowest BCUT2D eigenvalue weighted by atomic mass is 10.2. The lowest BCUT2D eigenvalue weighted by molar-refractivity contribution is -0.122. The van der Waals surface area contributed by atoms with E-state index in [0.717, 1.165) is 11.4 Å². The number of nitrogen functional groups attached to an aromatic ring is 1. The maximum Gasteiger partial charge on any atom is 0.243 e. The van der Waals surface area contributed by atoms with Crippen LogP contribution in [0.3, 0.4) is 0 Å². The van der Waals surface area contributed by atoms with E-state index in [-0.39, 0.29) is 6.61 Å². The van der Waals surface area contributed by atoms with E-state index in [1.54, 1.807) is 25.3 Å². The molecule has 6 heteroatoms. The van der Waals surface area contributed by atoms with E-state index >= 15 is 0 Å². The second kappa shape index (κ2) is 6.59. The van der Waals surface area contributed by atoms with Gasteiger partial charge in [0.1, 0.15) is 12.4 Å². The highest BCUT2D eigenvalue weighted by Gasteiger charge is 2.01. The zero-order valence-electron chi connectivity index (χ0n) is 9.73. The van der Waals surface area contributed by atoms with E-state index in [9.17, 15) is 4.79 Å². The van der Waals surface area contributed by atoms with Crippen LogP contribution in [0.15, 0.2) is 18.2 Å². The molecular formula is C11H17N3O3. The minimum absolute atomic E-state index is 0.0741. The first-order valence-corrected chi connectivity index (χ1v) is 5.17. The number of ether oxygens (including phenoxy) is 2. The molecule has 17 heavy (non-hydrogen) atoms. The molecule has 0 heterocycles. The van der Waals surface area contributed by atoms with Crippen molar-refractivity contribution >= 4 is 17.3 Å². The number of carbonyl (C=O) groups is 1. The number of benzene rings is 1. The fourth-order valence-electron chi connectivity index (χ4n) is 1.25. The van der Waals surface area contributed by atoms with Crippen LogP contribution in [0.1, 0.15) is 0 Å². The molecule has 0 saturated carbocycles. The molecule has 0 aliphatic rings. The van der Waals surface area contributed by atoms with Crippen molar-refractivity contribution in [1.29, 1.82) is 0 Å². The van der Waals surface area contributed by atoms with Crippen LogP contribution in [0.5, 0.6) is 5.75 Å². The number of primary amides is 1. The molecule has 1 rings (SSSR count). The van der Waals surface area contributed by atoms with E-state index < -0.39 is 5.91 Å². The van der Waals surface area contributed by atoms with E-state index in [2.05, 4.69) is 5.32 Å². The largest absolute Gasteiger partial charge is 0.497 e. The van der Waals surface area contributed by atoms with Gasteiger partial charge in [0.25, 0.3) is 0 Å². The highest BCUT2D eigenvalue weighted by atomic mass is 16.5. The quantitative estimate of drug-likeness (QED) is 0.466. The van der Waals surface area contributed by atoms with Crippen molar-refractivity contribution in [3.8, 4) is 5.75 Å². The lowest BCUT2D eigenvalue weighted by Crippen LogP contribution is -2.20. The molecule has 0 unspecified atom stereocenters. The first-order valence-electron chi connectivity index (χ1n) is 5.17. The van der Waals surface area contributed by atoms with E-state index in [1.165, 1.54) is 0 Å². The number of hydrogen-bond donors (Lipinski definition) is 3. The predicted octanol–water partition coefficient (Wildman–Crippen LogP) is 0.191. The molecular weight excluding hydrogens is 222 g/mol. The Labute approximate surface area is 99.9 Å². The number of carbonyl (C=O) groups excluding carboxylic acids is 1. The monoisotopic (exact) mass is 239 g/mol. The molecule has 1 aromatic carbocycles. The summed E-state index contributed by atoms with van der Waals surface area (Å²) in [6.07, 6.45) is 0. The molecule has 5 N–H and O–H groups in total. The molecule has 0 spiro atoms. The van der Waals surface area contributed by atoms with Gasteiger partial charge in [-0.15, -0.1) is 0 Å². The third-order valence-electron chi connectivity index (χ3n) is 2.07. The maximum atomic E-state index is 10.4. The van der Waals surface area contributed by atoms with Crippen LogP contribution in [0, 0.1) is 0 Å². The Balaban J connectivity index is 2.38. The van der Waals surface area contributed by atoms with Gasteiger partial charge in [0.15, 0.2) is 0 Å². The summed E-state index contributed by atoms with van der Waals surface area (Å²) in [4.78, 5) is 10.4. The van der Waals surface area contributed by atoms with Crippen molar-refractivity contribution < 1.29 is 14.3 Å². The molecule has 0 radical (unpaired) electrons. The minimum atomic E-state index is -0.481. The third kappa shape index (κ3) is 4.60. The van der Waals surface area contributed by atoms with Crippen LogP contribution in [0.25, 0.3) is 0 Å². The van der Waals surface area contributed by atoms with Gasteiger partial charge in [-0.2, -0.15) is 0 Å². The Morgan fingerprint density at radius 3 is 2.88 bits per heavy atom. The molecule has 0 aromatic heterocycles. The summed E-state index contributed by atoms with van der Waals surface area (Å²) in [7, 11) is 1.59. The van der Waals surface area contributed by atoms with Crippen LogP contribution >= 0.6 is 0 Å². The third-order valence-corrected chi connectivity index (χ3v) is 2.07. The van der Waals surface area contributed by atoms with Gasteiger partial charge in [-0.05, 0) is 12.1 Å². The average molecular weight is 239 g/mol. The first kappa shape index (κ1) is 13.1. The molecule has 0 saturated heterocycles. The first-order chi connectivity index (χ1) is 8.13. The maximum absolute atomic E-state index is 10.4. The van der Waals surface area contributed by atoms with Crippen molar-refractivity contribution in [3.63, 3.8) is 0 Å². The van der Waals surface area contributed by atoms with E-state index in [1.807, 2.05) is 0 Å². The van der Waals surface area contributed by atoms with Gasteiger partial charge in [-0.1, -0.05) is 0 Å². The van der Waals surface area contributed by atoms with Crippen molar-refractivity contribution in [1.82, 2.24) is 0 Å². The standard InChI is InChI=1S/C11H17N3O3/c1-16-8-2-3-9(12)10(6-8)14-4-5-17-7-11(13)15/h2-3,6,14H,4-5,7,12H2,1H3,(H2,13,15). The molecule has 94 valence electrons. The summed E-state index contributed by atoms with van der Waals surface area (Å²) in [6.45, 7) is 0.833. The number of anilines is 2. The summed E-state index contributed by atoms with van der Waals surface area (Å²) in [6, 6.07) is 5.33. The topological polar surface area (TPSA) is 99.6 Å². The van der Waals surface area contributed by atoms with E-state index in [4.69, 9.17) is 20.9 Å². The summed E-state index contributed by atoms with van der Waals surface area (Å²) >= 11 is 0. The number of nitrogens with one attached hydrogen (secondary N) is 1. The molecule has 1 amide bonds. The Bertz CT molecular complexity index is 382. The zero-order chi connectivity index (χ0) is 12.7. The minimum Gasteiger partial charge on any atom is -0.497 e. The zero-order valence-corrected chi connectivity index (χ0v) is 9.73. The van der Waals surface area contributed by atoms with E-state index in [0.29, 0.717) is 18.8 Å². The normalized spacial score (nSPS) is 9.94. The van der Waals surface area contributed by atoms with Crippen LogP contribution in [0.4, 0.5) is 11.4 Å². The molecule has 0 aliphatic carbocycles. The van der Waals surface area contributed by atoms with Crippen molar-refractivity contribution in [2.75, 3.05) is 37.9 Å². The van der Waals surface area contributed by atoms with Gasteiger partial charge >= 0.3 is 0 Å². The fourth-order valence-corrected chi connectivity index (χ4v) is 1.25. The molecule has 0 aliphatic heterocycles. The highest BCUT2D eigenvalue weighted by Crippen LogP contribution is 2.23. The van der Waals surface area contributed by atoms with Gasteiger partial charge < -0.3 is 26.3 Å². The summed E-state index contributed by atoms with van der Waals surface area (Å²) in [5, 5.41) is 3.08. The Hall–Kier alpha value is -1.95. The van der Waals surface area contributed by atoms with Crippen molar-refractivity contribution in [3.05, 3.63) is 18.2 Å². The smallest absolute Gasteiger partial charge is 0.243 e. The highest BCUT2D eigenvalue weighted by molar-refractivity contribution is 5.75. The summed E-state index contributed by atoms with van der Waals surface area (Å²) < 4.78 is 10.1. The lowest BCUT2D eigenvalue weighted by Gasteiger charge is -2.10. The second-order valence-electron chi connectivity index (χ2n) is 3.40. The SMILES string of the molecule is COc1ccc(N)c(NCCOCC(N)=O)c1. The summed E-state index contributed by atoms with van der Waals surface area (Å²) in [5.74, 6) is 0.241. The molecule has 0 bridgehead atoms. The van der Waals surface area contributed by atoms with Crippen molar-refractivity contribution in [2.24, 2.45) is 5.73 Å². The van der Waals surface area contributed by atoms with Crippen molar-refractivity contribution in [2.45, 2.75) is 0 Å². The van der Waals surface area contributed by atoms with Gasteiger partial charge in [0, 0.05) is 12.6 Å². The number of amides is 1. The second-order valence-corrected chi connectivity index (χ2v) is 3.40. The molecule has 6 nitrogen and oxygen atoms in total. The van der Waals surface area contributed by atoms with Gasteiger partial charge in [0.2, 0.25) is 5.91 Å². The van der Waals surface area contributed by atoms with Crippen LogP contribution in [-0.2, 0) is 9.53 Å². The molecule has 0 fully saturated rings. The fraction of sp³-hybridized carbons (Fsp3) is 0.364. The Morgan fingerprint density at radius 1 is 1.47 bits per heavy atom. The predicted molar refractivity (Wildman–Crippen MR) is 65.9 cm³/mol. The average Bonchev–Trinajstić information content (AvgIpc) is 2.30. The molecule has 0 atom stereocenters. The molecule has 1 aromatic rings. The number of nitrogens with two attached hydrogens (primary N) is 2. The van der Waals surface area contributed by atoms with Crippen LogP contribution < -0.4 is 21.5 Å².